The number of rotatable bonds is 6. The Bertz CT molecular complexity index is 1080. The van der Waals surface area contributed by atoms with E-state index in [-0.39, 0.29) is 5.91 Å². The summed E-state index contributed by atoms with van der Waals surface area (Å²) in [5.41, 5.74) is 3.68. The third-order valence-electron chi connectivity index (χ3n) is 5.47. The molecule has 1 amide bonds. The van der Waals surface area contributed by atoms with Crippen molar-refractivity contribution in [1.82, 2.24) is 9.88 Å². The highest BCUT2D eigenvalue weighted by atomic mass is 35.5. The van der Waals surface area contributed by atoms with E-state index >= 15 is 0 Å². The lowest BCUT2D eigenvalue weighted by Gasteiger charge is -2.29. The van der Waals surface area contributed by atoms with Crippen molar-refractivity contribution in [1.29, 1.82) is 5.41 Å². The van der Waals surface area contributed by atoms with Crippen molar-refractivity contribution in [2.45, 2.75) is 12.8 Å². The summed E-state index contributed by atoms with van der Waals surface area (Å²) in [6, 6.07) is 19.1. The van der Waals surface area contributed by atoms with Crippen molar-refractivity contribution in [3.8, 4) is 0 Å². The van der Waals surface area contributed by atoms with Crippen molar-refractivity contribution in [2.24, 2.45) is 0 Å². The van der Waals surface area contributed by atoms with Crippen LogP contribution >= 0.6 is 11.6 Å². The van der Waals surface area contributed by atoms with Crippen LogP contribution in [0.4, 0.5) is 5.82 Å². The number of nitrogens with zero attached hydrogens (tertiary/aromatic N) is 2. The lowest BCUT2D eigenvalue weighted by Crippen LogP contribution is -2.40. The van der Waals surface area contributed by atoms with Crippen LogP contribution in [-0.2, 0) is 17.6 Å². The number of nitrogens with one attached hydrogen (secondary N) is 2. The molecule has 0 radical (unpaired) electrons. The number of ether oxygens (including phenoxy) is 1. The molecule has 1 fully saturated rings. The average molecular weight is 449 g/mol. The normalized spacial score (nSPS) is 13.6. The average Bonchev–Trinajstić information content (AvgIpc) is 2.85. The van der Waals surface area contributed by atoms with Gasteiger partial charge in [-0.05, 0) is 42.2 Å². The molecule has 1 aromatic heterocycles. The Morgan fingerprint density at radius 2 is 1.78 bits per heavy atom. The summed E-state index contributed by atoms with van der Waals surface area (Å²) in [6.07, 6.45) is 3.04. The van der Waals surface area contributed by atoms with E-state index in [1.54, 1.807) is 12.1 Å². The van der Waals surface area contributed by atoms with Crippen LogP contribution in [-0.4, -0.2) is 47.9 Å². The Morgan fingerprint density at radius 1 is 1.03 bits per heavy atom. The number of hydrogen-bond acceptors (Lipinski definition) is 4. The van der Waals surface area contributed by atoms with Crippen molar-refractivity contribution in [2.75, 3.05) is 31.6 Å². The number of morpholine rings is 1. The number of pyridine rings is 1. The fourth-order valence-electron chi connectivity index (χ4n) is 3.67. The molecule has 0 spiro atoms. The largest absolute Gasteiger partial charge is 0.378 e. The van der Waals surface area contributed by atoms with Gasteiger partial charge >= 0.3 is 0 Å². The molecule has 0 bridgehead atoms. The van der Waals surface area contributed by atoms with Gasteiger partial charge < -0.3 is 15.0 Å². The topological polar surface area (TPSA) is 78.3 Å². The predicted octanol–water partition coefficient (Wildman–Crippen LogP) is 4.43. The summed E-state index contributed by atoms with van der Waals surface area (Å²) < 4.78 is 5.37. The van der Waals surface area contributed by atoms with Gasteiger partial charge in [0.2, 0.25) is 0 Å². The SMILES string of the molecule is N=C(c1ccc(CCc2ccccc2C(=O)Nc2ccc(Cl)cn2)cc1)N1CCOCC1. The molecule has 32 heavy (non-hydrogen) atoms. The van der Waals surface area contributed by atoms with E-state index in [2.05, 4.69) is 22.4 Å². The van der Waals surface area contributed by atoms with Crippen LogP contribution in [0.1, 0.15) is 27.0 Å². The summed E-state index contributed by atoms with van der Waals surface area (Å²) in [5, 5.41) is 11.8. The van der Waals surface area contributed by atoms with Crippen molar-refractivity contribution >= 4 is 29.2 Å². The molecule has 0 unspecified atom stereocenters. The minimum atomic E-state index is -0.190. The zero-order valence-corrected chi connectivity index (χ0v) is 18.4. The van der Waals surface area contributed by atoms with Crippen molar-refractivity contribution in [3.05, 3.63) is 94.1 Å². The van der Waals surface area contributed by atoms with E-state index in [1.165, 1.54) is 6.20 Å². The molecule has 2 heterocycles. The predicted molar refractivity (Wildman–Crippen MR) is 127 cm³/mol. The highest BCUT2D eigenvalue weighted by Gasteiger charge is 2.15. The minimum absolute atomic E-state index is 0.190. The fourth-order valence-corrected chi connectivity index (χ4v) is 3.78. The van der Waals surface area contributed by atoms with E-state index in [9.17, 15) is 4.79 Å². The number of halogens is 1. The number of amides is 1. The second-order valence-corrected chi connectivity index (χ2v) is 8.05. The molecule has 2 aromatic carbocycles. The molecule has 1 saturated heterocycles. The number of amidine groups is 1. The maximum atomic E-state index is 12.8. The smallest absolute Gasteiger partial charge is 0.257 e. The van der Waals surface area contributed by atoms with Crippen LogP contribution in [0.25, 0.3) is 0 Å². The second-order valence-electron chi connectivity index (χ2n) is 7.62. The zero-order chi connectivity index (χ0) is 22.3. The Morgan fingerprint density at radius 3 is 2.50 bits per heavy atom. The number of aryl methyl sites for hydroxylation is 2. The summed E-state index contributed by atoms with van der Waals surface area (Å²) in [6.45, 7) is 2.85. The highest BCUT2D eigenvalue weighted by Crippen LogP contribution is 2.17. The molecule has 6 nitrogen and oxygen atoms in total. The second kappa shape index (κ2) is 10.4. The van der Waals surface area contributed by atoms with E-state index in [0.29, 0.717) is 35.5 Å². The van der Waals surface area contributed by atoms with Gasteiger partial charge in [-0.25, -0.2) is 4.98 Å². The van der Waals surface area contributed by atoms with Crippen LogP contribution < -0.4 is 5.32 Å². The standard InChI is InChI=1S/C25H25ClN4O2/c26-21-11-12-23(28-17-21)29-25(31)22-4-2-1-3-19(22)8-5-18-6-9-20(10-7-18)24(27)30-13-15-32-16-14-30/h1-4,6-7,9-12,17,27H,5,8,13-16H2,(H,28,29,31). The van der Waals surface area contributed by atoms with Gasteiger partial charge in [0, 0.05) is 30.4 Å². The van der Waals surface area contributed by atoms with Crippen LogP contribution in [0.5, 0.6) is 0 Å². The molecule has 3 aromatic rings. The van der Waals surface area contributed by atoms with Gasteiger partial charge in [0.05, 0.1) is 18.2 Å². The van der Waals surface area contributed by atoms with Gasteiger partial charge in [-0.2, -0.15) is 0 Å². The number of carbonyl (C=O) groups is 1. The quantitative estimate of drug-likeness (QED) is 0.432. The van der Waals surface area contributed by atoms with Crippen molar-refractivity contribution in [3.63, 3.8) is 0 Å². The van der Waals surface area contributed by atoms with Crippen molar-refractivity contribution < 1.29 is 9.53 Å². The van der Waals surface area contributed by atoms with Gasteiger partial charge in [0.15, 0.2) is 0 Å². The molecule has 7 heteroatoms. The summed E-state index contributed by atoms with van der Waals surface area (Å²) in [5.74, 6) is 0.815. The van der Waals surface area contributed by atoms with E-state index in [4.69, 9.17) is 21.7 Å². The first-order chi connectivity index (χ1) is 15.6. The third-order valence-corrected chi connectivity index (χ3v) is 5.69. The highest BCUT2D eigenvalue weighted by molar-refractivity contribution is 6.30. The Labute approximate surface area is 192 Å². The molecule has 2 N–H and O–H groups in total. The maximum absolute atomic E-state index is 12.8. The number of aromatic nitrogens is 1. The Balaban J connectivity index is 1.39. The van der Waals surface area contributed by atoms with Crippen LogP contribution in [0.2, 0.25) is 5.02 Å². The van der Waals surface area contributed by atoms with Gasteiger partial charge in [-0.15, -0.1) is 0 Å². The van der Waals surface area contributed by atoms with Gasteiger partial charge in [0.25, 0.3) is 5.91 Å². The van der Waals surface area contributed by atoms with Crippen LogP contribution in [0.15, 0.2) is 66.9 Å². The first kappa shape index (κ1) is 22.0. The third kappa shape index (κ3) is 5.52. The lowest BCUT2D eigenvalue weighted by atomic mass is 9.98. The molecule has 0 aliphatic carbocycles. The molecule has 1 aliphatic rings. The Hall–Kier alpha value is -3.22. The van der Waals surface area contributed by atoms with Gasteiger partial charge in [-0.1, -0.05) is 54.1 Å². The number of carbonyl (C=O) groups excluding carboxylic acids is 1. The molecule has 164 valence electrons. The lowest BCUT2D eigenvalue weighted by molar-refractivity contribution is 0.0680. The first-order valence-electron chi connectivity index (χ1n) is 10.6. The molecular formula is C25H25ClN4O2. The van der Waals surface area contributed by atoms with E-state index in [0.717, 1.165) is 42.6 Å². The van der Waals surface area contributed by atoms with Gasteiger partial charge in [0.1, 0.15) is 11.7 Å². The summed E-state index contributed by atoms with van der Waals surface area (Å²) in [7, 11) is 0. The summed E-state index contributed by atoms with van der Waals surface area (Å²) in [4.78, 5) is 19.0. The molecule has 0 atom stereocenters. The number of benzene rings is 2. The van der Waals surface area contributed by atoms with Crippen LogP contribution in [0.3, 0.4) is 0 Å². The zero-order valence-electron chi connectivity index (χ0n) is 17.7. The Kier molecular flexibility index (Phi) is 7.14. The first-order valence-corrected chi connectivity index (χ1v) is 11.0. The number of hydrogen-bond donors (Lipinski definition) is 2. The summed E-state index contributed by atoms with van der Waals surface area (Å²) >= 11 is 5.86. The fraction of sp³-hybridized carbons (Fsp3) is 0.240. The van der Waals surface area contributed by atoms with Crippen LogP contribution in [0, 0.1) is 5.41 Å². The molecule has 4 rings (SSSR count). The van der Waals surface area contributed by atoms with Gasteiger partial charge in [-0.3, -0.25) is 10.2 Å². The van der Waals surface area contributed by atoms with E-state index < -0.39 is 0 Å². The minimum Gasteiger partial charge on any atom is -0.378 e. The number of anilines is 1. The molecule has 1 aliphatic heterocycles. The maximum Gasteiger partial charge on any atom is 0.257 e. The van der Waals surface area contributed by atoms with E-state index in [1.807, 2.05) is 41.3 Å². The monoisotopic (exact) mass is 448 g/mol. The molecule has 0 saturated carbocycles. The molecular weight excluding hydrogens is 424 g/mol.